The summed E-state index contributed by atoms with van der Waals surface area (Å²) in [5, 5.41) is 19.1. The molecule has 0 aliphatic carbocycles. The van der Waals surface area contributed by atoms with Crippen LogP contribution in [0.3, 0.4) is 0 Å². The minimum absolute atomic E-state index is 0.346. The van der Waals surface area contributed by atoms with Crippen molar-refractivity contribution in [1.82, 2.24) is 4.90 Å². The first kappa shape index (κ1) is 19.7. The molecule has 2 aromatic carbocycles. The Bertz CT molecular complexity index is 680. The summed E-state index contributed by atoms with van der Waals surface area (Å²) in [4.78, 5) is 1.90. The number of halogens is 1. The maximum atomic E-state index is 9.23. The third-order valence-corrected chi connectivity index (χ3v) is 3.74. The van der Waals surface area contributed by atoms with Gasteiger partial charge >= 0.3 is 7.32 Å². The first-order chi connectivity index (χ1) is 12.0. The largest absolute Gasteiger partial charge is 0.707 e. The summed E-state index contributed by atoms with van der Waals surface area (Å²) in [5.74, 6) is 0.365. The molecule has 6 nitrogen and oxygen atoms in total. The van der Waals surface area contributed by atoms with Crippen molar-refractivity contribution in [3.8, 4) is 16.9 Å². The van der Waals surface area contributed by atoms with Crippen LogP contribution >= 0.6 is 11.6 Å². The van der Waals surface area contributed by atoms with E-state index in [1.54, 1.807) is 32.4 Å². The average Bonchev–Trinajstić information content (AvgIpc) is 2.56. The van der Waals surface area contributed by atoms with E-state index >= 15 is 0 Å². The molecule has 0 aromatic heterocycles. The minimum atomic E-state index is -1.91. The van der Waals surface area contributed by atoms with Crippen LogP contribution < -0.4 is 4.65 Å². The van der Waals surface area contributed by atoms with E-state index in [4.69, 9.17) is 25.7 Å². The smallest absolute Gasteiger partial charge is 0.512 e. The van der Waals surface area contributed by atoms with Crippen molar-refractivity contribution in [1.29, 1.82) is 0 Å². The summed E-state index contributed by atoms with van der Waals surface area (Å²) in [6.07, 6.45) is 0. The Hall–Kier alpha value is -1.61. The molecule has 8 heteroatoms. The Kier molecular flexibility index (Phi) is 7.70. The van der Waals surface area contributed by atoms with Crippen molar-refractivity contribution in [2.45, 2.75) is 6.54 Å². The van der Waals surface area contributed by atoms with Gasteiger partial charge in [0.1, 0.15) is 19.2 Å². The Morgan fingerprint density at radius 2 is 1.72 bits per heavy atom. The highest BCUT2D eigenvalue weighted by Gasteiger charge is 2.19. The second kappa shape index (κ2) is 9.77. The van der Waals surface area contributed by atoms with Gasteiger partial charge in [0.15, 0.2) is 0 Å². The normalized spacial score (nSPS) is 11.0. The van der Waals surface area contributed by atoms with E-state index in [0.717, 1.165) is 16.7 Å². The van der Waals surface area contributed by atoms with Crippen LogP contribution in [-0.4, -0.2) is 50.0 Å². The monoisotopic (exact) mass is 365 g/mol. The Morgan fingerprint density at radius 3 is 2.32 bits per heavy atom. The number of methoxy groups -OCH3 is 2. The molecule has 25 heavy (non-hydrogen) atoms. The van der Waals surface area contributed by atoms with Crippen molar-refractivity contribution < 1.29 is 24.2 Å². The van der Waals surface area contributed by atoms with Gasteiger partial charge in [0.25, 0.3) is 0 Å². The number of nitrogens with zero attached hydrogens (tertiary/aromatic N) is 1. The maximum Gasteiger partial charge on any atom is 0.707 e. The number of benzene rings is 2. The van der Waals surface area contributed by atoms with Crippen molar-refractivity contribution in [2.24, 2.45) is 0 Å². The standard InChI is InChI=1S/C17H21BClNO5/c1-23-11-20(12-24-2)10-16-15(13-5-3-6-14(19)9-13)7-4-8-17(16)25-18(21)22/h3-9,21-22H,10-12H2,1-2H3. The Labute approximate surface area is 152 Å². The third-order valence-electron chi connectivity index (χ3n) is 3.51. The van der Waals surface area contributed by atoms with Crippen LogP contribution in [0.4, 0.5) is 0 Å². The zero-order valence-electron chi connectivity index (χ0n) is 14.2. The van der Waals surface area contributed by atoms with Gasteiger partial charge in [-0.3, -0.25) is 4.90 Å². The lowest BCUT2D eigenvalue weighted by atomic mass is 9.98. The fourth-order valence-electron chi connectivity index (χ4n) is 2.60. The molecule has 0 heterocycles. The SMILES string of the molecule is COCN(COC)Cc1c(OB(O)O)cccc1-c1cccc(Cl)c1. The fourth-order valence-corrected chi connectivity index (χ4v) is 2.79. The van der Waals surface area contributed by atoms with Gasteiger partial charge < -0.3 is 24.2 Å². The highest BCUT2D eigenvalue weighted by Crippen LogP contribution is 2.33. The van der Waals surface area contributed by atoms with Gasteiger partial charge in [-0.05, 0) is 29.3 Å². The van der Waals surface area contributed by atoms with Gasteiger partial charge in [-0.1, -0.05) is 35.9 Å². The summed E-state index contributed by atoms with van der Waals surface area (Å²) in [6.45, 7) is 1.12. The van der Waals surface area contributed by atoms with E-state index < -0.39 is 7.32 Å². The van der Waals surface area contributed by atoms with Crippen molar-refractivity contribution >= 4 is 18.9 Å². The molecule has 2 N–H and O–H groups in total. The Balaban J connectivity index is 2.47. The molecule has 0 unspecified atom stereocenters. The molecular weight excluding hydrogens is 344 g/mol. The van der Waals surface area contributed by atoms with Gasteiger partial charge in [0, 0.05) is 31.4 Å². The van der Waals surface area contributed by atoms with Gasteiger partial charge in [-0.25, -0.2) is 0 Å². The number of rotatable bonds is 9. The molecule has 0 spiro atoms. The van der Waals surface area contributed by atoms with Gasteiger partial charge in [-0.15, -0.1) is 0 Å². The molecule has 0 fully saturated rings. The number of ether oxygens (including phenoxy) is 2. The van der Waals surface area contributed by atoms with Crippen molar-refractivity contribution in [3.63, 3.8) is 0 Å². The number of hydrogen-bond donors (Lipinski definition) is 2. The summed E-state index contributed by atoms with van der Waals surface area (Å²) < 4.78 is 15.6. The van der Waals surface area contributed by atoms with E-state index in [0.29, 0.717) is 30.8 Å². The zero-order chi connectivity index (χ0) is 18.2. The molecular formula is C17H21BClNO5. The van der Waals surface area contributed by atoms with E-state index in [-0.39, 0.29) is 0 Å². The van der Waals surface area contributed by atoms with E-state index in [1.807, 2.05) is 29.2 Å². The molecule has 0 radical (unpaired) electrons. The molecule has 0 saturated carbocycles. The average molecular weight is 366 g/mol. The molecule has 2 aromatic rings. The van der Waals surface area contributed by atoms with Crippen molar-refractivity contribution in [2.75, 3.05) is 27.7 Å². The molecule has 0 amide bonds. The molecule has 0 aliphatic rings. The van der Waals surface area contributed by atoms with Crippen LogP contribution in [0.25, 0.3) is 11.1 Å². The molecule has 0 atom stereocenters. The topological polar surface area (TPSA) is 71.4 Å². The molecule has 2 rings (SSSR count). The zero-order valence-corrected chi connectivity index (χ0v) is 14.9. The lowest BCUT2D eigenvalue weighted by Crippen LogP contribution is -2.29. The quantitative estimate of drug-likeness (QED) is 0.525. The molecule has 134 valence electrons. The number of hydrogen-bond acceptors (Lipinski definition) is 6. The lowest BCUT2D eigenvalue weighted by molar-refractivity contribution is -0.0187. The summed E-state index contributed by atoms with van der Waals surface area (Å²) in [5.41, 5.74) is 2.54. The predicted octanol–water partition coefficient (Wildman–Crippen LogP) is 2.37. The van der Waals surface area contributed by atoms with E-state index in [9.17, 15) is 10.0 Å². The van der Waals surface area contributed by atoms with E-state index in [2.05, 4.69) is 0 Å². The first-order valence-electron chi connectivity index (χ1n) is 7.66. The van der Waals surface area contributed by atoms with Gasteiger partial charge in [0.2, 0.25) is 0 Å². The van der Waals surface area contributed by atoms with Crippen LogP contribution in [0, 0.1) is 0 Å². The molecule has 0 saturated heterocycles. The van der Waals surface area contributed by atoms with Crippen molar-refractivity contribution in [3.05, 3.63) is 53.1 Å². The van der Waals surface area contributed by atoms with E-state index in [1.165, 1.54) is 0 Å². The molecule has 0 aliphatic heterocycles. The second-order valence-electron chi connectivity index (χ2n) is 5.40. The summed E-state index contributed by atoms with van der Waals surface area (Å²) in [6, 6.07) is 12.8. The van der Waals surface area contributed by atoms with Crippen LogP contribution in [0.1, 0.15) is 5.56 Å². The Morgan fingerprint density at radius 1 is 1.04 bits per heavy atom. The first-order valence-corrected chi connectivity index (χ1v) is 8.03. The highest BCUT2D eigenvalue weighted by atomic mass is 35.5. The molecule has 0 bridgehead atoms. The maximum absolute atomic E-state index is 9.23. The van der Waals surface area contributed by atoms with Crippen LogP contribution in [0.15, 0.2) is 42.5 Å². The summed E-state index contributed by atoms with van der Waals surface area (Å²) in [7, 11) is 1.28. The lowest BCUT2D eigenvalue weighted by Gasteiger charge is -2.24. The third kappa shape index (κ3) is 5.71. The highest BCUT2D eigenvalue weighted by molar-refractivity contribution is 6.33. The van der Waals surface area contributed by atoms with Crippen LogP contribution in [0.5, 0.6) is 5.75 Å². The van der Waals surface area contributed by atoms with Crippen LogP contribution in [0.2, 0.25) is 5.02 Å². The minimum Gasteiger partial charge on any atom is -0.512 e. The van der Waals surface area contributed by atoms with Crippen LogP contribution in [-0.2, 0) is 16.0 Å². The fraction of sp³-hybridized carbons (Fsp3) is 0.294. The summed E-state index contributed by atoms with van der Waals surface area (Å²) >= 11 is 6.11. The van der Waals surface area contributed by atoms with Gasteiger partial charge in [0.05, 0.1) is 0 Å². The second-order valence-corrected chi connectivity index (χ2v) is 5.84. The predicted molar refractivity (Wildman–Crippen MR) is 97.0 cm³/mol. The van der Waals surface area contributed by atoms with Gasteiger partial charge in [-0.2, -0.15) is 0 Å².